The molecule has 24 heavy (non-hydrogen) atoms. The fourth-order valence-electron chi connectivity index (χ4n) is 2.60. The second-order valence-electron chi connectivity index (χ2n) is 6.14. The number of rotatable bonds is 5. The van der Waals surface area contributed by atoms with Crippen molar-refractivity contribution in [2.75, 3.05) is 23.8 Å². The van der Waals surface area contributed by atoms with E-state index in [4.69, 9.17) is 15.2 Å². The van der Waals surface area contributed by atoms with Crippen molar-refractivity contribution in [1.29, 1.82) is 0 Å². The molecule has 1 aromatic heterocycles. The van der Waals surface area contributed by atoms with Gasteiger partial charge in [-0.2, -0.15) is 0 Å². The van der Waals surface area contributed by atoms with Crippen LogP contribution in [0, 0.1) is 0 Å². The molecule has 1 aliphatic heterocycles. The number of aromatic nitrogens is 1. The maximum Gasteiger partial charge on any atom is 0.271 e. The van der Waals surface area contributed by atoms with Crippen molar-refractivity contribution in [2.45, 2.75) is 25.9 Å². The van der Waals surface area contributed by atoms with Gasteiger partial charge in [-0.3, -0.25) is 9.69 Å². The van der Waals surface area contributed by atoms with Crippen molar-refractivity contribution in [2.24, 2.45) is 0 Å². The number of nitrogens with zero attached hydrogens (tertiary/aromatic N) is 2. The molecule has 6 nitrogen and oxygen atoms in total. The fourth-order valence-corrected chi connectivity index (χ4v) is 2.60. The molecule has 6 heteroatoms. The van der Waals surface area contributed by atoms with E-state index in [1.807, 2.05) is 30.3 Å². The Morgan fingerprint density at radius 1 is 1.21 bits per heavy atom. The summed E-state index contributed by atoms with van der Waals surface area (Å²) < 4.78 is 11.4. The zero-order chi connectivity index (χ0) is 17.2. The number of hydrogen-bond donors (Lipinski definition) is 1. The van der Waals surface area contributed by atoms with Crippen LogP contribution >= 0.6 is 0 Å². The lowest BCUT2D eigenvalue weighted by Gasteiger charge is -2.37. The van der Waals surface area contributed by atoms with Gasteiger partial charge in [-0.25, -0.2) is 4.98 Å². The van der Waals surface area contributed by atoms with Gasteiger partial charge in [0, 0.05) is 6.54 Å². The summed E-state index contributed by atoms with van der Waals surface area (Å²) in [7, 11) is 0. The molecule has 0 spiro atoms. The predicted octanol–water partition coefficient (Wildman–Crippen LogP) is 2.64. The highest BCUT2D eigenvalue weighted by Gasteiger charge is 2.41. The minimum atomic E-state index is -0.926. The normalized spacial score (nSPS) is 15.6. The summed E-state index contributed by atoms with van der Waals surface area (Å²) in [6.45, 7) is 4.50. The Labute approximate surface area is 141 Å². The van der Waals surface area contributed by atoms with Crippen molar-refractivity contribution in [3.63, 3.8) is 0 Å². The third kappa shape index (κ3) is 3.27. The number of benzene rings is 1. The van der Waals surface area contributed by atoms with Crippen LogP contribution in [0.3, 0.4) is 0 Å². The Kier molecular flexibility index (Phi) is 4.29. The van der Waals surface area contributed by atoms with Crippen molar-refractivity contribution in [3.05, 3.63) is 42.5 Å². The second-order valence-corrected chi connectivity index (χ2v) is 6.14. The Bertz CT molecular complexity index is 732. The van der Waals surface area contributed by atoms with Crippen LogP contribution in [-0.4, -0.2) is 29.6 Å². The van der Waals surface area contributed by atoms with Crippen LogP contribution in [0.1, 0.15) is 20.3 Å². The summed E-state index contributed by atoms with van der Waals surface area (Å²) >= 11 is 0. The van der Waals surface area contributed by atoms with Gasteiger partial charge in [0.1, 0.15) is 11.6 Å². The molecule has 0 atom stereocenters. The number of hydrogen-bond acceptors (Lipinski definition) is 5. The van der Waals surface area contributed by atoms with Crippen LogP contribution in [-0.2, 0) is 4.79 Å². The first-order chi connectivity index (χ1) is 11.5. The second kappa shape index (κ2) is 6.39. The van der Waals surface area contributed by atoms with E-state index in [-0.39, 0.29) is 5.91 Å². The number of pyridine rings is 1. The van der Waals surface area contributed by atoms with Crippen LogP contribution in [0.5, 0.6) is 11.5 Å². The van der Waals surface area contributed by atoms with Crippen molar-refractivity contribution >= 4 is 17.5 Å². The van der Waals surface area contributed by atoms with Gasteiger partial charge in [-0.05, 0) is 44.5 Å². The van der Waals surface area contributed by atoms with Gasteiger partial charge in [-0.15, -0.1) is 0 Å². The summed E-state index contributed by atoms with van der Waals surface area (Å²) in [5.41, 5.74) is 4.83. The van der Waals surface area contributed by atoms with Crippen molar-refractivity contribution < 1.29 is 14.3 Å². The number of fused-ring (bicyclic) bond motifs is 1. The maximum absolute atomic E-state index is 12.7. The first kappa shape index (κ1) is 16.1. The molecule has 126 valence electrons. The molecular weight excluding hydrogens is 306 g/mol. The Morgan fingerprint density at radius 2 is 1.96 bits per heavy atom. The summed E-state index contributed by atoms with van der Waals surface area (Å²) in [5, 5.41) is 0. The first-order valence-electron chi connectivity index (χ1n) is 7.93. The monoisotopic (exact) mass is 327 g/mol. The van der Waals surface area contributed by atoms with Gasteiger partial charge < -0.3 is 15.2 Å². The van der Waals surface area contributed by atoms with Crippen molar-refractivity contribution in [3.8, 4) is 11.5 Å². The van der Waals surface area contributed by atoms with Crippen LogP contribution in [0.4, 0.5) is 11.6 Å². The van der Waals surface area contributed by atoms with E-state index in [0.717, 1.165) is 5.75 Å². The van der Waals surface area contributed by atoms with E-state index in [0.29, 0.717) is 37.0 Å². The number of anilines is 2. The van der Waals surface area contributed by atoms with Crippen LogP contribution in [0.2, 0.25) is 0 Å². The average Bonchev–Trinajstić information content (AvgIpc) is 2.56. The van der Waals surface area contributed by atoms with Gasteiger partial charge in [-0.1, -0.05) is 18.2 Å². The number of carbonyl (C=O) groups is 1. The Balaban J connectivity index is 1.69. The summed E-state index contributed by atoms with van der Waals surface area (Å²) in [5.74, 6) is 2.08. The molecule has 1 amide bonds. The fraction of sp³-hybridized carbons (Fsp3) is 0.333. The number of carbonyl (C=O) groups excluding carboxylic acids is 1. The highest BCUT2D eigenvalue weighted by atomic mass is 16.5. The molecule has 2 heterocycles. The minimum absolute atomic E-state index is 0.132. The summed E-state index contributed by atoms with van der Waals surface area (Å²) in [6.07, 6.45) is 0.673. The van der Waals surface area contributed by atoms with E-state index in [1.165, 1.54) is 0 Å². The van der Waals surface area contributed by atoms with Crippen LogP contribution in [0.25, 0.3) is 0 Å². The molecule has 1 aliphatic rings. The highest BCUT2D eigenvalue weighted by Crippen LogP contribution is 2.36. The van der Waals surface area contributed by atoms with Crippen molar-refractivity contribution in [1.82, 2.24) is 4.98 Å². The molecule has 2 N–H and O–H groups in total. The van der Waals surface area contributed by atoms with Gasteiger partial charge in [0.2, 0.25) is 0 Å². The number of nitrogen functional groups attached to an aromatic ring is 1. The molecule has 1 aromatic carbocycles. The lowest BCUT2D eigenvalue weighted by molar-refractivity contribution is -0.132. The standard InChI is InChI=1S/C18H21N3O3/c1-18(2)17(22)21(16-14(24-18)9-10-15(19)20-16)11-6-12-23-13-7-4-3-5-8-13/h3-5,7-10H,6,11-12H2,1-2H3,(H2,19,20). The zero-order valence-electron chi connectivity index (χ0n) is 13.9. The molecule has 0 fully saturated rings. The van der Waals surface area contributed by atoms with Gasteiger partial charge >= 0.3 is 0 Å². The molecule has 3 rings (SSSR count). The number of para-hydroxylation sites is 1. The molecule has 0 bridgehead atoms. The Morgan fingerprint density at radius 3 is 2.71 bits per heavy atom. The smallest absolute Gasteiger partial charge is 0.271 e. The van der Waals surface area contributed by atoms with E-state index < -0.39 is 5.60 Å². The van der Waals surface area contributed by atoms with Gasteiger partial charge in [0.25, 0.3) is 5.91 Å². The highest BCUT2D eigenvalue weighted by molar-refractivity contribution is 6.01. The summed E-state index contributed by atoms with van der Waals surface area (Å²) in [6, 6.07) is 13.0. The molecule has 0 unspecified atom stereocenters. The number of nitrogens with two attached hydrogens (primary N) is 1. The maximum atomic E-state index is 12.7. The largest absolute Gasteiger partial charge is 0.494 e. The lowest BCUT2D eigenvalue weighted by Crippen LogP contribution is -2.53. The predicted molar refractivity (Wildman–Crippen MR) is 92.3 cm³/mol. The van der Waals surface area contributed by atoms with E-state index in [9.17, 15) is 4.79 Å². The van der Waals surface area contributed by atoms with E-state index in [1.54, 1.807) is 30.9 Å². The molecular formula is C18H21N3O3. The number of amides is 1. The third-order valence-corrected chi connectivity index (χ3v) is 3.78. The molecule has 0 saturated heterocycles. The van der Waals surface area contributed by atoms with Crippen LogP contribution < -0.4 is 20.1 Å². The first-order valence-corrected chi connectivity index (χ1v) is 7.93. The minimum Gasteiger partial charge on any atom is -0.494 e. The van der Waals surface area contributed by atoms with E-state index >= 15 is 0 Å². The molecule has 2 aromatic rings. The number of ether oxygens (including phenoxy) is 2. The third-order valence-electron chi connectivity index (χ3n) is 3.78. The van der Waals surface area contributed by atoms with E-state index in [2.05, 4.69) is 4.98 Å². The zero-order valence-corrected chi connectivity index (χ0v) is 13.9. The van der Waals surface area contributed by atoms with Gasteiger partial charge in [0.05, 0.1) is 6.61 Å². The lowest BCUT2D eigenvalue weighted by atomic mass is 10.1. The molecule has 0 radical (unpaired) electrons. The van der Waals surface area contributed by atoms with Gasteiger partial charge in [0.15, 0.2) is 17.2 Å². The Hall–Kier alpha value is -2.76. The molecule has 0 aliphatic carbocycles. The SMILES string of the molecule is CC1(C)Oc2ccc(N)nc2N(CCCOc2ccccc2)C1=O. The topological polar surface area (TPSA) is 77.7 Å². The quantitative estimate of drug-likeness (QED) is 0.854. The molecule has 0 saturated carbocycles. The van der Waals surface area contributed by atoms with Crippen LogP contribution in [0.15, 0.2) is 42.5 Å². The average molecular weight is 327 g/mol. The summed E-state index contributed by atoms with van der Waals surface area (Å²) in [4.78, 5) is 18.6.